The van der Waals surface area contributed by atoms with Gasteiger partial charge in [-0.25, -0.2) is 0 Å². The van der Waals surface area contributed by atoms with Crippen molar-refractivity contribution in [2.45, 2.75) is 59.5 Å². The Balaban J connectivity index is 2.05. The third-order valence-corrected chi connectivity index (χ3v) is 4.44. The number of hydrogen-bond donors (Lipinski definition) is 1. The van der Waals surface area contributed by atoms with E-state index in [1.807, 2.05) is 44.2 Å². The molecule has 0 saturated heterocycles. The maximum absolute atomic E-state index is 12.5. The van der Waals surface area contributed by atoms with Crippen LogP contribution in [0.3, 0.4) is 0 Å². The minimum Gasteiger partial charge on any atom is -0.481 e. The Morgan fingerprint density at radius 3 is 2.20 bits per heavy atom. The molecule has 0 aliphatic carbocycles. The molecule has 0 fully saturated rings. The first-order valence-corrected chi connectivity index (χ1v) is 8.86. The third-order valence-electron chi connectivity index (χ3n) is 4.44. The van der Waals surface area contributed by atoms with Crippen molar-refractivity contribution in [2.24, 2.45) is 0 Å². The summed E-state index contributed by atoms with van der Waals surface area (Å²) in [6.07, 6.45) is 0.0969. The first-order valence-electron chi connectivity index (χ1n) is 8.86. The highest BCUT2D eigenvalue weighted by Crippen LogP contribution is 2.25. The van der Waals surface area contributed by atoms with Gasteiger partial charge in [0.05, 0.1) is 0 Å². The fourth-order valence-corrected chi connectivity index (χ4v) is 2.56. The fourth-order valence-electron chi connectivity index (χ4n) is 2.56. The summed E-state index contributed by atoms with van der Waals surface area (Å²) in [6.45, 7) is 12.6. The van der Waals surface area contributed by atoms with Crippen molar-refractivity contribution < 1.29 is 9.53 Å². The Bertz CT molecular complexity index is 727. The first-order chi connectivity index (χ1) is 11.7. The summed E-state index contributed by atoms with van der Waals surface area (Å²) in [5.74, 6) is 0.598. The van der Waals surface area contributed by atoms with E-state index in [1.165, 1.54) is 11.1 Å². The molecule has 2 rings (SSSR count). The zero-order valence-corrected chi connectivity index (χ0v) is 16.1. The number of aryl methyl sites for hydroxylation is 2. The summed E-state index contributed by atoms with van der Waals surface area (Å²) >= 11 is 0. The lowest BCUT2D eigenvalue weighted by Crippen LogP contribution is -2.32. The van der Waals surface area contributed by atoms with Crippen LogP contribution in [-0.4, -0.2) is 12.0 Å². The van der Waals surface area contributed by atoms with Crippen LogP contribution in [0, 0.1) is 13.8 Å². The minimum absolute atomic E-state index is 0.101. The average molecular weight is 339 g/mol. The molecule has 3 heteroatoms. The SMILES string of the molecule is CCC(Oc1ccc(C(C)(C)C)cc1)C(=O)Nc1ccc(C)c(C)c1. The molecule has 1 atom stereocenters. The van der Waals surface area contributed by atoms with Crippen LogP contribution in [0.15, 0.2) is 42.5 Å². The van der Waals surface area contributed by atoms with Gasteiger partial charge < -0.3 is 10.1 Å². The van der Waals surface area contributed by atoms with E-state index in [9.17, 15) is 4.79 Å². The number of hydrogen-bond acceptors (Lipinski definition) is 2. The molecular formula is C22H29NO2. The second-order valence-corrected chi connectivity index (χ2v) is 7.58. The second-order valence-electron chi connectivity index (χ2n) is 7.58. The summed E-state index contributed by atoms with van der Waals surface area (Å²) < 4.78 is 5.91. The number of rotatable bonds is 5. The van der Waals surface area contributed by atoms with Gasteiger partial charge in [0.25, 0.3) is 5.91 Å². The lowest BCUT2D eigenvalue weighted by molar-refractivity contribution is -0.122. The molecule has 1 N–H and O–H groups in total. The number of carbonyl (C=O) groups is 1. The van der Waals surface area contributed by atoms with Gasteiger partial charge in [-0.3, -0.25) is 4.79 Å². The topological polar surface area (TPSA) is 38.3 Å². The van der Waals surface area contributed by atoms with Crippen molar-refractivity contribution in [1.82, 2.24) is 0 Å². The molecule has 0 heterocycles. The van der Waals surface area contributed by atoms with Crippen molar-refractivity contribution >= 4 is 11.6 Å². The fraction of sp³-hybridized carbons (Fsp3) is 0.409. The van der Waals surface area contributed by atoms with Crippen LogP contribution in [0.1, 0.15) is 50.8 Å². The molecule has 0 aliphatic heterocycles. The van der Waals surface area contributed by atoms with Gasteiger partial charge in [0.15, 0.2) is 6.10 Å². The summed E-state index contributed by atoms with van der Waals surface area (Å²) in [6, 6.07) is 13.9. The standard InChI is InChI=1S/C22H29NO2/c1-7-20(21(24)23-18-11-8-15(2)16(3)14-18)25-19-12-9-17(10-13-19)22(4,5)6/h8-14,20H,7H2,1-6H3,(H,23,24). The molecule has 1 amide bonds. The van der Waals surface area contributed by atoms with Gasteiger partial charge in [0.2, 0.25) is 0 Å². The van der Waals surface area contributed by atoms with Crippen LogP contribution in [-0.2, 0) is 10.2 Å². The molecule has 3 nitrogen and oxygen atoms in total. The lowest BCUT2D eigenvalue weighted by Gasteiger charge is -2.21. The number of amides is 1. The van der Waals surface area contributed by atoms with Crippen molar-refractivity contribution in [3.8, 4) is 5.75 Å². The highest BCUT2D eigenvalue weighted by atomic mass is 16.5. The molecule has 0 radical (unpaired) electrons. The zero-order chi connectivity index (χ0) is 18.6. The van der Waals surface area contributed by atoms with Crippen LogP contribution >= 0.6 is 0 Å². The first kappa shape index (κ1) is 19.0. The van der Waals surface area contributed by atoms with Gasteiger partial charge in [0, 0.05) is 5.69 Å². The molecule has 2 aromatic rings. The quantitative estimate of drug-likeness (QED) is 0.792. The van der Waals surface area contributed by atoms with Gasteiger partial charge in [0.1, 0.15) is 5.75 Å². The van der Waals surface area contributed by atoms with Crippen molar-refractivity contribution in [1.29, 1.82) is 0 Å². The van der Waals surface area contributed by atoms with E-state index < -0.39 is 6.10 Å². The number of nitrogens with one attached hydrogen (secondary N) is 1. The Labute approximate surface area is 151 Å². The predicted molar refractivity (Wildman–Crippen MR) is 104 cm³/mol. The van der Waals surface area contributed by atoms with E-state index in [2.05, 4.69) is 45.1 Å². The number of carbonyl (C=O) groups excluding carboxylic acids is 1. The molecule has 0 bridgehead atoms. The molecule has 0 aromatic heterocycles. The maximum Gasteiger partial charge on any atom is 0.265 e. The van der Waals surface area contributed by atoms with Crippen LogP contribution in [0.5, 0.6) is 5.75 Å². The molecule has 0 saturated carbocycles. The van der Waals surface area contributed by atoms with Gasteiger partial charge in [-0.2, -0.15) is 0 Å². The van der Waals surface area contributed by atoms with Crippen LogP contribution in [0.2, 0.25) is 0 Å². The minimum atomic E-state index is -0.512. The largest absolute Gasteiger partial charge is 0.481 e. The number of benzene rings is 2. The summed E-state index contributed by atoms with van der Waals surface area (Å²) in [4.78, 5) is 12.5. The van der Waals surface area contributed by atoms with E-state index in [-0.39, 0.29) is 11.3 Å². The van der Waals surface area contributed by atoms with E-state index in [1.54, 1.807) is 0 Å². The van der Waals surface area contributed by atoms with E-state index >= 15 is 0 Å². The Hall–Kier alpha value is -2.29. The van der Waals surface area contributed by atoms with Gasteiger partial charge in [-0.15, -0.1) is 0 Å². The highest BCUT2D eigenvalue weighted by Gasteiger charge is 2.19. The average Bonchev–Trinajstić information content (AvgIpc) is 2.55. The molecule has 134 valence electrons. The van der Waals surface area contributed by atoms with Crippen LogP contribution in [0.25, 0.3) is 0 Å². The number of anilines is 1. The van der Waals surface area contributed by atoms with Crippen molar-refractivity contribution in [3.05, 3.63) is 59.2 Å². The van der Waals surface area contributed by atoms with Gasteiger partial charge >= 0.3 is 0 Å². The van der Waals surface area contributed by atoms with E-state index in [0.717, 1.165) is 17.0 Å². The monoisotopic (exact) mass is 339 g/mol. The Morgan fingerprint density at radius 2 is 1.68 bits per heavy atom. The van der Waals surface area contributed by atoms with Crippen LogP contribution < -0.4 is 10.1 Å². The number of ether oxygens (including phenoxy) is 1. The smallest absolute Gasteiger partial charge is 0.265 e. The van der Waals surface area contributed by atoms with Crippen molar-refractivity contribution in [3.63, 3.8) is 0 Å². The van der Waals surface area contributed by atoms with E-state index in [4.69, 9.17) is 4.74 Å². The molecule has 0 aliphatic rings. The third kappa shape index (κ3) is 5.09. The molecular weight excluding hydrogens is 310 g/mol. The molecule has 2 aromatic carbocycles. The van der Waals surface area contributed by atoms with Gasteiger partial charge in [-0.1, -0.05) is 45.9 Å². The summed E-state index contributed by atoms with van der Waals surface area (Å²) in [5.41, 5.74) is 4.51. The molecule has 0 spiro atoms. The summed E-state index contributed by atoms with van der Waals surface area (Å²) in [7, 11) is 0. The Morgan fingerprint density at radius 1 is 1.04 bits per heavy atom. The Kier molecular flexibility index (Phi) is 5.89. The lowest BCUT2D eigenvalue weighted by atomic mass is 9.87. The maximum atomic E-state index is 12.5. The summed E-state index contributed by atoms with van der Waals surface area (Å²) in [5, 5.41) is 2.95. The molecule has 25 heavy (non-hydrogen) atoms. The molecule has 1 unspecified atom stereocenters. The van der Waals surface area contributed by atoms with Crippen molar-refractivity contribution in [2.75, 3.05) is 5.32 Å². The highest BCUT2D eigenvalue weighted by molar-refractivity contribution is 5.94. The second kappa shape index (κ2) is 7.73. The van der Waals surface area contributed by atoms with Crippen LogP contribution in [0.4, 0.5) is 5.69 Å². The van der Waals surface area contributed by atoms with E-state index in [0.29, 0.717) is 6.42 Å². The predicted octanol–water partition coefficient (Wildman–Crippen LogP) is 5.40. The normalized spacial score (nSPS) is 12.6. The van der Waals surface area contributed by atoms with Gasteiger partial charge in [-0.05, 0) is 66.6 Å². The zero-order valence-electron chi connectivity index (χ0n) is 16.1.